The van der Waals surface area contributed by atoms with Gasteiger partial charge >= 0.3 is 11.9 Å². The number of carbonyl (C=O) groups is 2. The standard InChI is InChI=1S/C18H20O4/c1-12(2)16(19)21-15-9-7-14(8-10-15)17(20)22-18(4)11-5-6-13(18)3/h7-10H,1,3,5-6,11H2,2,4H3. The van der Waals surface area contributed by atoms with Crippen LogP contribution in [-0.2, 0) is 9.53 Å². The fourth-order valence-corrected chi connectivity index (χ4v) is 2.32. The summed E-state index contributed by atoms with van der Waals surface area (Å²) in [6.45, 7) is 11.0. The third-order valence-electron chi connectivity index (χ3n) is 3.85. The van der Waals surface area contributed by atoms with Crippen molar-refractivity contribution in [1.29, 1.82) is 0 Å². The Bertz CT molecular complexity index is 627. The molecule has 0 bridgehead atoms. The maximum atomic E-state index is 12.2. The van der Waals surface area contributed by atoms with Gasteiger partial charge in [-0.2, -0.15) is 0 Å². The number of hydrogen-bond donors (Lipinski definition) is 0. The van der Waals surface area contributed by atoms with E-state index in [1.807, 2.05) is 6.92 Å². The highest BCUT2D eigenvalue weighted by molar-refractivity contribution is 5.91. The summed E-state index contributed by atoms with van der Waals surface area (Å²) in [5.41, 5.74) is 1.10. The zero-order valence-corrected chi connectivity index (χ0v) is 13.0. The number of carbonyl (C=O) groups excluding carboxylic acids is 2. The molecule has 22 heavy (non-hydrogen) atoms. The van der Waals surface area contributed by atoms with E-state index in [-0.39, 0.29) is 0 Å². The second kappa shape index (κ2) is 6.18. The molecule has 0 N–H and O–H groups in total. The Balaban J connectivity index is 2.04. The average molecular weight is 300 g/mol. The van der Waals surface area contributed by atoms with Gasteiger partial charge < -0.3 is 9.47 Å². The first kappa shape index (κ1) is 16.0. The summed E-state index contributed by atoms with van der Waals surface area (Å²) in [6.07, 6.45) is 2.67. The van der Waals surface area contributed by atoms with Crippen LogP contribution in [0.1, 0.15) is 43.5 Å². The minimum Gasteiger partial charge on any atom is -0.451 e. The van der Waals surface area contributed by atoms with E-state index in [1.165, 1.54) is 0 Å². The van der Waals surface area contributed by atoms with Gasteiger partial charge in [-0.3, -0.25) is 0 Å². The van der Waals surface area contributed by atoms with Crippen molar-refractivity contribution in [2.75, 3.05) is 0 Å². The van der Waals surface area contributed by atoms with Crippen molar-refractivity contribution >= 4 is 11.9 Å². The number of hydrogen-bond acceptors (Lipinski definition) is 4. The van der Waals surface area contributed by atoms with Gasteiger partial charge in [-0.05, 0) is 62.9 Å². The molecule has 4 heteroatoms. The van der Waals surface area contributed by atoms with E-state index in [0.29, 0.717) is 16.9 Å². The number of rotatable bonds is 4. The zero-order valence-electron chi connectivity index (χ0n) is 13.0. The average Bonchev–Trinajstić information content (AvgIpc) is 2.78. The fourth-order valence-electron chi connectivity index (χ4n) is 2.32. The van der Waals surface area contributed by atoms with Gasteiger partial charge in [-0.25, -0.2) is 9.59 Å². The Hall–Kier alpha value is -2.36. The van der Waals surface area contributed by atoms with Crippen molar-refractivity contribution in [2.45, 2.75) is 38.7 Å². The van der Waals surface area contributed by atoms with Gasteiger partial charge in [-0.15, -0.1) is 0 Å². The molecule has 1 atom stereocenters. The second-order valence-corrected chi connectivity index (χ2v) is 5.77. The van der Waals surface area contributed by atoms with Crippen molar-refractivity contribution < 1.29 is 19.1 Å². The smallest absolute Gasteiger partial charge is 0.338 e. The lowest BCUT2D eigenvalue weighted by molar-refractivity contribution is -0.130. The largest absolute Gasteiger partial charge is 0.451 e. The lowest BCUT2D eigenvalue weighted by atomic mass is 10.0. The van der Waals surface area contributed by atoms with E-state index in [4.69, 9.17) is 9.47 Å². The first-order chi connectivity index (χ1) is 10.3. The molecule has 1 aliphatic carbocycles. The van der Waals surface area contributed by atoms with Crippen molar-refractivity contribution in [1.82, 2.24) is 0 Å². The number of benzene rings is 1. The van der Waals surface area contributed by atoms with Crippen LogP contribution in [0.3, 0.4) is 0 Å². The van der Waals surface area contributed by atoms with E-state index in [0.717, 1.165) is 24.8 Å². The lowest BCUT2D eigenvalue weighted by Crippen LogP contribution is -2.29. The van der Waals surface area contributed by atoms with Crippen LogP contribution in [0.25, 0.3) is 0 Å². The first-order valence-corrected chi connectivity index (χ1v) is 7.21. The van der Waals surface area contributed by atoms with Crippen LogP contribution in [0.4, 0.5) is 0 Å². The van der Waals surface area contributed by atoms with E-state index >= 15 is 0 Å². The van der Waals surface area contributed by atoms with Crippen molar-refractivity contribution in [2.24, 2.45) is 0 Å². The zero-order chi connectivity index (χ0) is 16.3. The lowest BCUT2D eigenvalue weighted by Gasteiger charge is -2.25. The maximum absolute atomic E-state index is 12.2. The molecule has 0 radical (unpaired) electrons. The minimum atomic E-state index is -0.581. The normalized spacial score (nSPS) is 20.5. The quantitative estimate of drug-likeness (QED) is 0.367. The molecule has 116 valence electrons. The third-order valence-corrected chi connectivity index (χ3v) is 3.85. The van der Waals surface area contributed by atoms with Gasteiger partial charge in [0.2, 0.25) is 0 Å². The van der Waals surface area contributed by atoms with Crippen LogP contribution in [0.5, 0.6) is 5.75 Å². The Morgan fingerprint density at radius 1 is 1.23 bits per heavy atom. The second-order valence-electron chi connectivity index (χ2n) is 5.77. The molecule has 1 aromatic carbocycles. The molecule has 1 unspecified atom stereocenters. The Morgan fingerprint density at radius 3 is 2.36 bits per heavy atom. The van der Waals surface area contributed by atoms with Gasteiger partial charge in [0.15, 0.2) is 0 Å². The molecule has 2 rings (SSSR count). The van der Waals surface area contributed by atoms with Gasteiger partial charge in [0.05, 0.1) is 5.56 Å². The molecule has 0 spiro atoms. The summed E-state index contributed by atoms with van der Waals surface area (Å²) < 4.78 is 10.7. The van der Waals surface area contributed by atoms with E-state index in [1.54, 1.807) is 31.2 Å². The van der Waals surface area contributed by atoms with Crippen LogP contribution in [0.15, 0.2) is 48.6 Å². The molecule has 0 heterocycles. The third kappa shape index (κ3) is 3.45. The minimum absolute atomic E-state index is 0.316. The molecule has 1 saturated carbocycles. The summed E-state index contributed by atoms with van der Waals surface area (Å²) >= 11 is 0. The molecule has 1 fully saturated rings. The molecule has 0 amide bonds. The van der Waals surface area contributed by atoms with Gasteiger partial charge in [-0.1, -0.05) is 13.2 Å². The number of esters is 2. The van der Waals surface area contributed by atoms with Crippen molar-refractivity contribution in [3.05, 3.63) is 54.1 Å². The summed E-state index contributed by atoms with van der Waals surface area (Å²) in [7, 11) is 0. The molecule has 0 saturated heterocycles. The number of ether oxygens (including phenoxy) is 2. The van der Waals surface area contributed by atoms with Gasteiger partial charge in [0, 0.05) is 5.57 Å². The van der Waals surface area contributed by atoms with E-state index in [2.05, 4.69) is 13.2 Å². The first-order valence-electron chi connectivity index (χ1n) is 7.21. The molecule has 4 nitrogen and oxygen atoms in total. The van der Waals surface area contributed by atoms with Crippen LogP contribution in [0.2, 0.25) is 0 Å². The van der Waals surface area contributed by atoms with Crippen LogP contribution < -0.4 is 4.74 Å². The predicted octanol–water partition coefficient (Wildman–Crippen LogP) is 3.82. The molecule has 0 aromatic heterocycles. The fraction of sp³-hybridized carbons (Fsp3) is 0.333. The molecule has 1 aromatic rings. The topological polar surface area (TPSA) is 52.6 Å². The summed E-state index contributed by atoms with van der Waals surface area (Å²) in [5, 5.41) is 0. The van der Waals surface area contributed by atoms with Crippen molar-refractivity contribution in [3.8, 4) is 5.75 Å². The Morgan fingerprint density at radius 2 is 1.86 bits per heavy atom. The monoisotopic (exact) mass is 300 g/mol. The van der Waals surface area contributed by atoms with Crippen LogP contribution in [-0.4, -0.2) is 17.5 Å². The van der Waals surface area contributed by atoms with Gasteiger partial charge in [0.25, 0.3) is 0 Å². The summed E-state index contributed by atoms with van der Waals surface area (Å²) in [4.78, 5) is 23.6. The molecule has 1 aliphatic rings. The van der Waals surface area contributed by atoms with E-state index < -0.39 is 17.5 Å². The summed E-state index contributed by atoms with van der Waals surface area (Å²) in [5.74, 6) is -0.533. The van der Waals surface area contributed by atoms with E-state index in [9.17, 15) is 9.59 Å². The molecule has 0 aliphatic heterocycles. The highest BCUT2D eigenvalue weighted by Crippen LogP contribution is 2.37. The molecular formula is C18H20O4. The predicted molar refractivity (Wildman–Crippen MR) is 83.7 cm³/mol. The highest BCUT2D eigenvalue weighted by Gasteiger charge is 2.36. The van der Waals surface area contributed by atoms with Gasteiger partial charge in [0.1, 0.15) is 11.4 Å². The van der Waals surface area contributed by atoms with Crippen LogP contribution in [0, 0.1) is 0 Å². The highest BCUT2D eigenvalue weighted by atomic mass is 16.6. The Kier molecular flexibility index (Phi) is 4.50. The maximum Gasteiger partial charge on any atom is 0.338 e. The molecular weight excluding hydrogens is 280 g/mol. The van der Waals surface area contributed by atoms with Crippen LogP contribution >= 0.6 is 0 Å². The Labute approximate surface area is 130 Å². The summed E-state index contributed by atoms with van der Waals surface area (Å²) in [6, 6.07) is 6.27. The van der Waals surface area contributed by atoms with Crippen molar-refractivity contribution in [3.63, 3.8) is 0 Å². The SMILES string of the molecule is C=C(C)C(=O)Oc1ccc(C(=O)OC2(C)CCCC2=C)cc1.